The Morgan fingerprint density at radius 1 is 1.32 bits per heavy atom. The quantitative estimate of drug-likeness (QED) is 0.776. The Morgan fingerprint density at radius 3 is 2.37 bits per heavy atom. The summed E-state index contributed by atoms with van der Waals surface area (Å²) in [5.74, 6) is 0. The number of hydrogen-bond donors (Lipinski definition) is 0. The fourth-order valence-corrected chi connectivity index (χ4v) is 2.23. The van der Waals surface area contributed by atoms with Crippen molar-refractivity contribution in [3.63, 3.8) is 0 Å². The number of rotatable bonds is 5. The highest BCUT2D eigenvalue weighted by atomic mass is 28.1. The van der Waals surface area contributed by atoms with Gasteiger partial charge in [0.25, 0.3) is 0 Å². The number of anilines is 1. The Balaban J connectivity index is 2.71. The average molecular weight is 279 g/mol. The molecule has 0 fully saturated rings. The van der Waals surface area contributed by atoms with Gasteiger partial charge in [-0.2, -0.15) is 0 Å². The molecular formula is C15H25NO2Si. The van der Waals surface area contributed by atoms with Crippen molar-refractivity contribution in [2.45, 2.75) is 45.3 Å². The molecule has 0 aliphatic rings. The smallest absolute Gasteiger partial charge is 0.414 e. The molecule has 19 heavy (non-hydrogen) atoms. The van der Waals surface area contributed by atoms with E-state index in [0.717, 1.165) is 18.5 Å². The zero-order chi connectivity index (χ0) is 14.5. The Kier molecular flexibility index (Phi) is 5.60. The lowest BCUT2D eigenvalue weighted by atomic mass is 10.1. The maximum atomic E-state index is 12.0. The highest BCUT2D eigenvalue weighted by molar-refractivity contribution is 6.08. The number of ether oxygens (including phenoxy) is 1. The molecule has 1 amide bonds. The molecular weight excluding hydrogens is 254 g/mol. The second kappa shape index (κ2) is 6.75. The predicted octanol–water partition coefficient (Wildman–Crippen LogP) is 2.77. The summed E-state index contributed by atoms with van der Waals surface area (Å²) in [5.41, 5.74) is 1.78. The Bertz CT molecular complexity index is 415. The zero-order valence-corrected chi connectivity index (χ0v) is 14.7. The normalized spacial score (nSPS) is 11.4. The Morgan fingerprint density at radius 2 is 1.89 bits per heavy atom. The van der Waals surface area contributed by atoms with Crippen LogP contribution in [-0.4, -0.2) is 29.0 Å². The van der Waals surface area contributed by atoms with Crippen molar-refractivity contribution >= 4 is 22.0 Å². The lowest BCUT2D eigenvalue weighted by molar-refractivity contribution is 0.0419. The molecule has 0 unspecified atom stereocenters. The van der Waals surface area contributed by atoms with E-state index in [9.17, 15) is 4.79 Å². The van der Waals surface area contributed by atoms with Crippen LogP contribution in [-0.2, 0) is 11.2 Å². The summed E-state index contributed by atoms with van der Waals surface area (Å²) in [4.78, 5) is 13.6. The van der Waals surface area contributed by atoms with Crippen LogP contribution in [0.1, 0.15) is 32.8 Å². The van der Waals surface area contributed by atoms with Crippen molar-refractivity contribution in [1.29, 1.82) is 0 Å². The number of benzene rings is 1. The van der Waals surface area contributed by atoms with Crippen LogP contribution in [0.3, 0.4) is 0 Å². The van der Waals surface area contributed by atoms with Crippen molar-refractivity contribution in [3.05, 3.63) is 29.8 Å². The maximum Gasteiger partial charge on any atom is 0.414 e. The maximum absolute atomic E-state index is 12.0. The Labute approximate surface area is 119 Å². The van der Waals surface area contributed by atoms with Gasteiger partial charge in [-0.3, -0.25) is 4.90 Å². The van der Waals surface area contributed by atoms with Gasteiger partial charge in [0.15, 0.2) is 0 Å². The highest BCUT2D eigenvalue weighted by Gasteiger charge is 2.23. The predicted molar refractivity (Wildman–Crippen MR) is 84.1 cm³/mol. The van der Waals surface area contributed by atoms with Crippen LogP contribution in [0.4, 0.5) is 10.5 Å². The monoisotopic (exact) mass is 279 g/mol. The van der Waals surface area contributed by atoms with E-state index < -0.39 is 5.60 Å². The third-order valence-corrected chi connectivity index (χ3v) is 3.85. The van der Waals surface area contributed by atoms with Crippen LogP contribution in [0.5, 0.6) is 0 Å². The minimum atomic E-state index is -0.419. The number of aryl methyl sites for hydroxylation is 1. The van der Waals surface area contributed by atoms with Gasteiger partial charge in [0.05, 0.1) is 0 Å². The van der Waals surface area contributed by atoms with Crippen LogP contribution in [0.15, 0.2) is 24.3 Å². The van der Waals surface area contributed by atoms with Gasteiger partial charge in [-0.25, -0.2) is 4.79 Å². The topological polar surface area (TPSA) is 29.5 Å². The van der Waals surface area contributed by atoms with Crippen LogP contribution >= 0.6 is 0 Å². The van der Waals surface area contributed by atoms with Crippen LogP contribution in [0, 0.1) is 0 Å². The second-order valence-electron chi connectivity index (χ2n) is 5.46. The van der Waals surface area contributed by atoms with Crippen molar-refractivity contribution < 1.29 is 9.53 Å². The van der Waals surface area contributed by atoms with Crippen molar-refractivity contribution in [3.8, 4) is 0 Å². The number of carbonyl (C=O) groups is 1. The van der Waals surface area contributed by atoms with Crippen molar-refractivity contribution in [1.82, 2.24) is 0 Å². The number of carbonyl (C=O) groups excluding carboxylic acids is 1. The summed E-state index contributed by atoms with van der Waals surface area (Å²) in [5, 5.41) is 0. The Hall–Kier alpha value is -1.29. The van der Waals surface area contributed by atoms with Crippen molar-refractivity contribution in [2.75, 3.05) is 11.9 Å². The van der Waals surface area contributed by atoms with Gasteiger partial charge in [-0.15, -0.1) is 0 Å². The summed E-state index contributed by atoms with van der Waals surface area (Å²) in [6.07, 6.45) is 1.62. The molecule has 1 aromatic carbocycles. The van der Waals surface area contributed by atoms with E-state index in [2.05, 4.69) is 12.1 Å². The number of nitrogens with zero attached hydrogens (tertiary/aromatic N) is 1. The minimum absolute atomic E-state index is 0.303. The van der Waals surface area contributed by atoms with Crippen molar-refractivity contribution in [2.24, 2.45) is 0 Å². The first-order valence-corrected chi connectivity index (χ1v) is 8.36. The lowest BCUT2D eigenvalue weighted by Crippen LogP contribution is -2.35. The summed E-state index contributed by atoms with van der Waals surface area (Å²) < 4.78 is 5.47. The van der Waals surface area contributed by atoms with Crippen LogP contribution in [0.2, 0.25) is 6.04 Å². The molecule has 0 saturated carbocycles. The molecule has 1 aromatic rings. The van der Waals surface area contributed by atoms with E-state index in [1.165, 1.54) is 21.9 Å². The molecule has 4 heteroatoms. The van der Waals surface area contributed by atoms with Gasteiger partial charge in [0, 0.05) is 23.0 Å². The molecule has 0 N–H and O–H groups in total. The molecule has 106 valence electrons. The van der Waals surface area contributed by atoms with Gasteiger partial charge in [-0.05, 0) is 44.4 Å². The number of hydrogen-bond acceptors (Lipinski definition) is 2. The van der Waals surface area contributed by atoms with Gasteiger partial charge < -0.3 is 4.74 Å². The molecule has 0 saturated heterocycles. The second-order valence-corrected chi connectivity index (χ2v) is 6.46. The highest BCUT2D eigenvalue weighted by Crippen LogP contribution is 2.19. The molecule has 3 nitrogen and oxygen atoms in total. The SMILES string of the molecule is CCC(C)(C)OC(=O)N(C)c1ccc(CC[SiH3])cc1. The van der Waals surface area contributed by atoms with E-state index in [-0.39, 0.29) is 6.09 Å². The molecule has 0 heterocycles. The molecule has 0 bridgehead atoms. The fraction of sp³-hybridized carbons (Fsp3) is 0.533. The standard InChI is InChI=1S/C15H25NO2Si/c1-5-15(2,3)18-14(17)16(4)13-8-6-12(7-9-13)10-11-19/h6-9H,5,10-11H2,1-4,19H3. The van der Waals surface area contributed by atoms with E-state index >= 15 is 0 Å². The third kappa shape index (κ3) is 4.71. The largest absolute Gasteiger partial charge is 0.443 e. The summed E-state index contributed by atoms with van der Waals surface area (Å²) in [6.45, 7) is 5.86. The van der Waals surface area contributed by atoms with E-state index in [4.69, 9.17) is 4.74 Å². The molecule has 0 aromatic heterocycles. The van der Waals surface area contributed by atoms with E-state index in [0.29, 0.717) is 0 Å². The molecule has 0 aliphatic heterocycles. The molecule has 0 aliphatic carbocycles. The molecule has 1 rings (SSSR count). The summed E-state index contributed by atoms with van der Waals surface area (Å²) >= 11 is 0. The molecule has 0 spiro atoms. The molecule has 0 radical (unpaired) electrons. The first-order valence-electron chi connectivity index (χ1n) is 6.95. The van der Waals surface area contributed by atoms with Crippen LogP contribution in [0.25, 0.3) is 0 Å². The summed E-state index contributed by atoms with van der Waals surface area (Å²) in [7, 11) is 2.97. The fourth-order valence-electron chi connectivity index (χ4n) is 1.66. The van der Waals surface area contributed by atoms with Gasteiger partial charge in [-0.1, -0.05) is 25.1 Å². The van der Waals surface area contributed by atoms with E-state index in [1.807, 2.05) is 32.9 Å². The minimum Gasteiger partial charge on any atom is -0.443 e. The van der Waals surface area contributed by atoms with E-state index in [1.54, 1.807) is 11.9 Å². The van der Waals surface area contributed by atoms with Gasteiger partial charge in [0.1, 0.15) is 5.60 Å². The zero-order valence-electron chi connectivity index (χ0n) is 12.7. The average Bonchev–Trinajstić information content (AvgIpc) is 2.38. The van der Waals surface area contributed by atoms with Gasteiger partial charge in [0.2, 0.25) is 0 Å². The molecule has 0 atom stereocenters. The van der Waals surface area contributed by atoms with Crippen LogP contribution < -0.4 is 4.90 Å². The first kappa shape index (κ1) is 15.8. The van der Waals surface area contributed by atoms with Gasteiger partial charge >= 0.3 is 6.09 Å². The lowest BCUT2D eigenvalue weighted by Gasteiger charge is -2.27. The first-order chi connectivity index (χ1) is 8.89. The number of amides is 1. The summed E-state index contributed by atoms with van der Waals surface area (Å²) in [6, 6.07) is 9.39. The third-order valence-electron chi connectivity index (χ3n) is 3.35.